The van der Waals surface area contributed by atoms with Crippen molar-refractivity contribution in [3.05, 3.63) is 85.4 Å². The van der Waals surface area contributed by atoms with Crippen molar-refractivity contribution < 1.29 is 23.3 Å². The Morgan fingerprint density at radius 1 is 1.03 bits per heavy atom. The third kappa shape index (κ3) is 6.71. The Balaban J connectivity index is 1.84. The van der Waals surface area contributed by atoms with Gasteiger partial charge in [-0.1, -0.05) is 12.1 Å². The second-order valence-corrected chi connectivity index (χ2v) is 10.9. The average molecular weight is 573 g/mol. The molecule has 10 heteroatoms. The van der Waals surface area contributed by atoms with Crippen molar-refractivity contribution in [2.24, 2.45) is 5.18 Å². The molecule has 31 heavy (non-hydrogen) atoms. The zero-order valence-corrected chi connectivity index (χ0v) is 20.3. The molecule has 162 valence electrons. The molecule has 0 saturated heterocycles. The lowest BCUT2D eigenvalue weighted by molar-refractivity contribution is 0.351. The molecule has 0 radical (unpaired) electrons. The van der Waals surface area contributed by atoms with E-state index in [9.17, 15) is 18.8 Å². The summed E-state index contributed by atoms with van der Waals surface area (Å²) in [4.78, 5) is 20.6. The fourth-order valence-electron chi connectivity index (χ4n) is 2.71. The lowest BCUT2D eigenvalue weighted by Gasteiger charge is -2.14. The standard InChI is InChI=1S/C21H17Br2FNO5P/c1-31(27,28)12-29-17-10-18(22)21(19(23)11-17)30-16-6-7-20(25-26)14(9-16)8-13-2-4-15(24)5-3-13/h2-7,9-11H,8,12H2,1H3,(H,27,28). The van der Waals surface area contributed by atoms with Crippen molar-refractivity contribution in [1.82, 2.24) is 0 Å². The van der Waals surface area contributed by atoms with Gasteiger partial charge in [0, 0.05) is 6.66 Å². The van der Waals surface area contributed by atoms with Crippen molar-refractivity contribution in [3.8, 4) is 17.2 Å². The number of hydrogen-bond donors (Lipinski definition) is 1. The molecule has 0 aliphatic rings. The van der Waals surface area contributed by atoms with Crippen LogP contribution in [-0.2, 0) is 11.0 Å². The van der Waals surface area contributed by atoms with E-state index in [1.165, 1.54) is 18.8 Å². The molecule has 6 nitrogen and oxygen atoms in total. The maximum atomic E-state index is 13.2. The molecule has 0 aliphatic carbocycles. The number of benzene rings is 3. The molecule has 0 aromatic heterocycles. The molecule has 0 aliphatic heterocycles. The van der Waals surface area contributed by atoms with Gasteiger partial charge in [0.1, 0.15) is 23.0 Å². The quantitative estimate of drug-likeness (QED) is 0.225. The van der Waals surface area contributed by atoms with E-state index in [1.807, 2.05) is 0 Å². The molecule has 0 heterocycles. The van der Waals surface area contributed by atoms with Gasteiger partial charge in [-0.2, -0.15) is 0 Å². The largest absolute Gasteiger partial charge is 0.483 e. The van der Waals surface area contributed by atoms with Crippen LogP contribution in [0.5, 0.6) is 17.2 Å². The van der Waals surface area contributed by atoms with Crippen LogP contribution in [0.15, 0.2) is 68.7 Å². The Labute approximate surface area is 195 Å². The summed E-state index contributed by atoms with van der Waals surface area (Å²) in [6.07, 6.45) is 0.0743. The second-order valence-electron chi connectivity index (χ2n) is 6.83. The summed E-state index contributed by atoms with van der Waals surface area (Å²) in [7, 11) is -3.31. The molecule has 0 bridgehead atoms. The molecule has 0 fully saturated rings. The molecule has 0 amide bonds. The maximum absolute atomic E-state index is 13.2. The molecule has 1 N–H and O–H groups in total. The Morgan fingerprint density at radius 3 is 2.26 bits per heavy atom. The smallest absolute Gasteiger partial charge is 0.233 e. The Morgan fingerprint density at radius 2 is 1.68 bits per heavy atom. The fraction of sp³-hybridized carbons (Fsp3) is 0.143. The van der Waals surface area contributed by atoms with Crippen molar-refractivity contribution in [1.29, 1.82) is 0 Å². The highest BCUT2D eigenvalue weighted by atomic mass is 79.9. The summed E-state index contributed by atoms with van der Waals surface area (Å²) >= 11 is 6.83. The molecule has 0 saturated carbocycles. The summed E-state index contributed by atoms with van der Waals surface area (Å²) in [6, 6.07) is 14.1. The van der Waals surface area contributed by atoms with E-state index in [4.69, 9.17) is 9.47 Å². The first-order valence-electron chi connectivity index (χ1n) is 8.94. The summed E-state index contributed by atoms with van der Waals surface area (Å²) < 4.78 is 37.0. The molecule has 1 unspecified atom stereocenters. The van der Waals surface area contributed by atoms with Crippen LogP contribution >= 0.6 is 39.2 Å². The van der Waals surface area contributed by atoms with Gasteiger partial charge in [0.15, 0.2) is 12.1 Å². The van der Waals surface area contributed by atoms with Crippen molar-refractivity contribution >= 4 is 44.9 Å². The Hall–Kier alpha value is -2.06. The van der Waals surface area contributed by atoms with Gasteiger partial charge >= 0.3 is 0 Å². The third-order valence-electron chi connectivity index (χ3n) is 4.12. The molecule has 1 atom stereocenters. The highest BCUT2D eigenvalue weighted by Gasteiger charge is 2.15. The van der Waals surface area contributed by atoms with E-state index in [1.54, 1.807) is 42.5 Å². The zero-order chi connectivity index (χ0) is 22.6. The van der Waals surface area contributed by atoms with E-state index in [0.29, 0.717) is 38.2 Å². The highest BCUT2D eigenvalue weighted by Crippen LogP contribution is 2.42. The SMILES string of the molecule is CP(=O)(O)COc1cc(Br)c(Oc2ccc(N=O)c(Cc3ccc(F)cc3)c2)c(Br)c1. The van der Waals surface area contributed by atoms with Crippen LogP contribution in [0.4, 0.5) is 10.1 Å². The Bertz CT molecular complexity index is 1130. The summed E-state index contributed by atoms with van der Waals surface area (Å²) in [5.74, 6) is 0.973. The minimum atomic E-state index is -3.31. The number of nitrogens with zero attached hydrogens (tertiary/aromatic N) is 1. The first kappa shape index (κ1) is 23.6. The monoisotopic (exact) mass is 571 g/mol. The summed E-state index contributed by atoms with van der Waals surface area (Å²) in [6.45, 7) is 1.22. The summed E-state index contributed by atoms with van der Waals surface area (Å²) in [5.41, 5.74) is 1.73. The van der Waals surface area contributed by atoms with E-state index < -0.39 is 7.37 Å². The van der Waals surface area contributed by atoms with Crippen molar-refractivity contribution in [2.45, 2.75) is 6.42 Å². The van der Waals surface area contributed by atoms with Crippen LogP contribution in [-0.4, -0.2) is 17.9 Å². The predicted molar refractivity (Wildman–Crippen MR) is 124 cm³/mol. The minimum absolute atomic E-state index is 0.270. The molecule has 3 aromatic rings. The number of hydrogen-bond acceptors (Lipinski definition) is 5. The van der Waals surface area contributed by atoms with Crippen LogP contribution < -0.4 is 9.47 Å². The normalized spacial score (nSPS) is 12.8. The summed E-state index contributed by atoms with van der Waals surface area (Å²) in [5, 5.41) is 3.06. The highest BCUT2D eigenvalue weighted by molar-refractivity contribution is 9.11. The number of ether oxygens (including phenoxy) is 2. The third-order valence-corrected chi connectivity index (χ3v) is 5.91. The molecular weight excluding hydrogens is 556 g/mol. The molecular formula is C21H17Br2FNO5P. The molecule has 0 spiro atoms. The van der Waals surface area contributed by atoms with Gasteiger partial charge in [-0.3, -0.25) is 4.57 Å². The van der Waals surface area contributed by atoms with E-state index >= 15 is 0 Å². The lowest BCUT2D eigenvalue weighted by Crippen LogP contribution is -1.98. The van der Waals surface area contributed by atoms with Crippen LogP contribution in [0.3, 0.4) is 0 Å². The first-order chi connectivity index (χ1) is 14.6. The van der Waals surface area contributed by atoms with Gasteiger partial charge in [-0.25, -0.2) is 4.39 Å². The number of halogens is 3. The van der Waals surface area contributed by atoms with Crippen LogP contribution in [0.2, 0.25) is 0 Å². The van der Waals surface area contributed by atoms with Gasteiger partial charge in [0.2, 0.25) is 7.37 Å². The van der Waals surface area contributed by atoms with Crippen LogP contribution in [0, 0.1) is 10.7 Å². The number of nitroso groups, excluding NO2 is 1. The van der Waals surface area contributed by atoms with Gasteiger partial charge in [-0.05, 0) is 97.0 Å². The predicted octanol–water partition coefficient (Wildman–Crippen LogP) is 7.37. The minimum Gasteiger partial charge on any atom is -0.483 e. The topological polar surface area (TPSA) is 85.2 Å². The van der Waals surface area contributed by atoms with Gasteiger partial charge in [0.25, 0.3) is 0 Å². The van der Waals surface area contributed by atoms with Crippen LogP contribution in [0.25, 0.3) is 0 Å². The maximum Gasteiger partial charge on any atom is 0.233 e. The average Bonchev–Trinajstić information content (AvgIpc) is 2.70. The van der Waals surface area contributed by atoms with E-state index in [0.717, 1.165) is 5.56 Å². The number of rotatable bonds is 8. The zero-order valence-electron chi connectivity index (χ0n) is 16.2. The Kier molecular flexibility index (Phi) is 7.64. The molecule has 3 rings (SSSR count). The van der Waals surface area contributed by atoms with Crippen molar-refractivity contribution in [3.63, 3.8) is 0 Å². The second kappa shape index (κ2) is 10.0. The van der Waals surface area contributed by atoms with E-state index in [-0.39, 0.29) is 17.9 Å². The van der Waals surface area contributed by atoms with Crippen LogP contribution in [0.1, 0.15) is 11.1 Å². The van der Waals surface area contributed by atoms with Gasteiger partial charge in [0.05, 0.1) is 8.95 Å². The molecule has 3 aromatic carbocycles. The fourth-order valence-corrected chi connectivity index (χ4v) is 4.40. The first-order valence-corrected chi connectivity index (χ1v) is 12.8. The van der Waals surface area contributed by atoms with E-state index in [2.05, 4.69) is 37.0 Å². The lowest BCUT2D eigenvalue weighted by atomic mass is 10.0. The van der Waals surface area contributed by atoms with Crippen molar-refractivity contribution in [2.75, 3.05) is 13.0 Å². The van der Waals surface area contributed by atoms with Gasteiger partial charge in [-0.15, -0.1) is 4.91 Å². The van der Waals surface area contributed by atoms with Gasteiger partial charge < -0.3 is 14.4 Å².